The molecule has 3 rings (SSSR count). The van der Waals surface area contributed by atoms with Crippen LogP contribution in [0.2, 0.25) is 5.02 Å². The minimum atomic E-state index is -0.959. The van der Waals surface area contributed by atoms with Crippen LogP contribution in [0.1, 0.15) is 26.7 Å². The molecule has 1 saturated carbocycles. The number of hydrogen-bond acceptors (Lipinski definition) is 3. The number of carbonyl (C=O) groups excluding carboxylic acids is 2. The molecule has 0 unspecified atom stereocenters. The summed E-state index contributed by atoms with van der Waals surface area (Å²) in [5, 5.41) is 3.61. The van der Waals surface area contributed by atoms with Crippen LogP contribution in [0, 0.1) is 5.92 Å². The number of amides is 2. The van der Waals surface area contributed by atoms with E-state index < -0.39 is 5.60 Å². The van der Waals surface area contributed by atoms with Crippen molar-refractivity contribution in [2.24, 2.45) is 5.92 Å². The zero-order valence-corrected chi connectivity index (χ0v) is 14.1. The molecule has 1 heterocycles. The topological polar surface area (TPSA) is 58.6 Å². The third-order valence-corrected chi connectivity index (χ3v) is 4.42. The van der Waals surface area contributed by atoms with Gasteiger partial charge < -0.3 is 15.0 Å². The first kappa shape index (κ1) is 16.1. The van der Waals surface area contributed by atoms with Gasteiger partial charge in [0.15, 0.2) is 5.60 Å². The number of nitrogens with one attached hydrogen (secondary N) is 1. The first-order valence-electron chi connectivity index (χ1n) is 7.89. The van der Waals surface area contributed by atoms with Gasteiger partial charge in [0, 0.05) is 24.0 Å². The number of hydrogen-bond donors (Lipinski definition) is 1. The van der Waals surface area contributed by atoms with Crippen LogP contribution in [0.5, 0.6) is 5.75 Å². The van der Waals surface area contributed by atoms with Crippen molar-refractivity contribution in [1.82, 2.24) is 10.2 Å². The molecule has 124 valence electrons. The third-order valence-electron chi connectivity index (χ3n) is 4.16. The maximum absolute atomic E-state index is 12.6. The van der Waals surface area contributed by atoms with Crippen LogP contribution in [0.25, 0.3) is 0 Å². The van der Waals surface area contributed by atoms with Gasteiger partial charge in [-0.05, 0) is 51.0 Å². The summed E-state index contributed by atoms with van der Waals surface area (Å²) in [4.78, 5) is 26.0. The van der Waals surface area contributed by atoms with Crippen molar-refractivity contribution in [3.05, 3.63) is 29.3 Å². The molecule has 23 heavy (non-hydrogen) atoms. The second-order valence-electron chi connectivity index (χ2n) is 6.76. The molecule has 1 aliphatic heterocycles. The second-order valence-corrected chi connectivity index (χ2v) is 7.19. The normalized spacial score (nSPS) is 18.3. The first-order chi connectivity index (χ1) is 10.8. The van der Waals surface area contributed by atoms with Gasteiger partial charge in [-0.25, -0.2) is 0 Å². The smallest absolute Gasteiger partial charge is 0.266 e. The number of halogens is 1. The van der Waals surface area contributed by atoms with E-state index >= 15 is 0 Å². The van der Waals surface area contributed by atoms with Crippen molar-refractivity contribution >= 4 is 23.4 Å². The van der Waals surface area contributed by atoms with E-state index in [1.807, 2.05) is 0 Å². The van der Waals surface area contributed by atoms with Gasteiger partial charge in [-0.15, -0.1) is 0 Å². The van der Waals surface area contributed by atoms with Crippen LogP contribution < -0.4 is 10.1 Å². The molecule has 0 spiro atoms. The van der Waals surface area contributed by atoms with Crippen molar-refractivity contribution in [3.8, 4) is 5.75 Å². The van der Waals surface area contributed by atoms with Crippen LogP contribution in [-0.4, -0.2) is 41.4 Å². The molecular formula is C17H21ClN2O3. The number of benzene rings is 1. The summed E-state index contributed by atoms with van der Waals surface area (Å²) in [6, 6.07) is 7.01. The van der Waals surface area contributed by atoms with Crippen molar-refractivity contribution in [1.29, 1.82) is 0 Å². The molecule has 1 aliphatic carbocycles. The van der Waals surface area contributed by atoms with Crippen LogP contribution in [-0.2, 0) is 9.59 Å². The predicted molar refractivity (Wildman–Crippen MR) is 87.4 cm³/mol. The second kappa shape index (κ2) is 6.04. The number of ether oxygens (including phenoxy) is 1. The van der Waals surface area contributed by atoms with Crippen molar-refractivity contribution in [2.75, 3.05) is 13.1 Å². The molecule has 1 aromatic carbocycles. The SMILES string of the molecule is CC(C)(Oc1ccc(Cl)cc1)C(=O)N1CC(NC(=O)C2CC2)C1. The van der Waals surface area contributed by atoms with Crippen LogP contribution >= 0.6 is 11.6 Å². The number of nitrogens with zero attached hydrogens (tertiary/aromatic N) is 1. The van der Waals surface area contributed by atoms with Crippen LogP contribution in [0.4, 0.5) is 0 Å². The van der Waals surface area contributed by atoms with Gasteiger partial charge in [-0.1, -0.05) is 11.6 Å². The van der Waals surface area contributed by atoms with Crippen LogP contribution in [0.3, 0.4) is 0 Å². The monoisotopic (exact) mass is 336 g/mol. The lowest BCUT2D eigenvalue weighted by Gasteiger charge is -2.43. The lowest BCUT2D eigenvalue weighted by atomic mass is 10.0. The Balaban J connectivity index is 1.51. The van der Waals surface area contributed by atoms with E-state index in [4.69, 9.17) is 16.3 Å². The molecule has 0 bridgehead atoms. The Hall–Kier alpha value is -1.75. The maximum atomic E-state index is 12.6. The van der Waals surface area contributed by atoms with Gasteiger partial charge in [0.2, 0.25) is 5.91 Å². The first-order valence-corrected chi connectivity index (χ1v) is 8.27. The number of carbonyl (C=O) groups is 2. The van der Waals surface area contributed by atoms with Crippen LogP contribution in [0.15, 0.2) is 24.3 Å². The minimum Gasteiger partial charge on any atom is -0.478 e. The van der Waals surface area contributed by atoms with E-state index in [0.717, 1.165) is 12.8 Å². The molecule has 0 radical (unpaired) electrons. The molecule has 6 heteroatoms. The molecule has 5 nitrogen and oxygen atoms in total. The molecule has 2 fully saturated rings. The van der Waals surface area contributed by atoms with Crippen molar-refractivity contribution < 1.29 is 14.3 Å². The van der Waals surface area contributed by atoms with E-state index in [1.165, 1.54) is 0 Å². The standard InChI is InChI=1S/C17H21ClN2O3/c1-17(2,23-14-7-5-12(18)6-8-14)16(22)20-9-13(10-20)19-15(21)11-3-4-11/h5-8,11,13H,3-4,9-10H2,1-2H3,(H,19,21). The predicted octanol–water partition coefficient (Wildman–Crippen LogP) is 2.23. The zero-order valence-electron chi connectivity index (χ0n) is 13.3. The average Bonchev–Trinajstić information content (AvgIpc) is 3.28. The molecule has 1 saturated heterocycles. The highest BCUT2D eigenvalue weighted by Crippen LogP contribution is 2.29. The molecule has 1 aromatic rings. The Morgan fingerprint density at radius 3 is 2.39 bits per heavy atom. The minimum absolute atomic E-state index is 0.0679. The Morgan fingerprint density at radius 2 is 1.83 bits per heavy atom. The Kier molecular flexibility index (Phi) is 4.23. The Morgan fingerprint density at radius 1 is 1.22 bits per heavy atom. The summed E-state index contributed by atoms with van der Waals surface area (Å²) in [6.45, 7) is 4.59. The highest BCUT2D eigenvalue weighted by atomic mass is 35.5. The van der Waals surface area contributed by atoms with Gasteiger partial charge in [0.05, 0.1) is 6.04 Å². The maximum Gasteiger partial charge on any atom is 0.266 e. The van der Waals surface area contributed by atoms with E-state index in [0.29, 0.717) is 23.9 Å². The van der Waals surface area contributed by atoms with E-state index in [9.17, 15) is 9.59 Å². The summed E-state index contributed by atoms with van der Waals surface area (Å²) >= 11 is 5.85. The Bertz CT molecular complexity index is 605. The summed E-state index contributed by atoms with van der Waals surface area (Å²) in [5.41, 5.74) is -0.959. The summed E-state index contributed by atoms with van der Waals surface area (Å²) in [7, 11) is 0. The lowest BCUT2D eigenvalue weighted by molar-refractivity contribution is -0.151. The summed E-state index contributed by atoms with van der Waals surface area (Å²) in [6.07, 6.45) is 1.98. The van der Waals surface area contributed by atoms with E-state index in [2.05, 4.69) is 5.32 Å². The molecular weight excluding hydrogens is 316 g/mol. The van der Waals surface area contributed by atoms with Gasteiger partial charge in [-0.2, -0.15) is 0 Å². The van der Waals surface area contributed by atoms with Gasteiger partial charge in [0.25, 0.3) is 5.91 Å². The highest BCUT2D eigenvalue weighted by molar-refractivity contribution is 6.30. The Labute approximate surface area is 140 Å². The van der Waals surface area contributed by atoms with Crippen molar-refractivity contribution in [3.63, 3.8) is 0 Å². The highest BCUT2D eigenvalue weighted by Gasteiger charge is 2.42. The molecule has 2 amide bonds. The number of rotatable bonds is 5. The van der Waals surface area contributed by atoms with Crippen molar-refractivity contribution in [2.45, 2.75) is 38.3 Å². The molecule has 0 atom stereocenters. The van der Waals surface area contributed by atoms with Gasteiger partial charge in [-0.3, -0.25) is 9.59 Å². The lowest BCUT2D eigenvalue weighted by Crippen LogP contribution is -2.65. The van der Waals surface area contributed by atoms with Gasteiger partial charge >= 0.3 is 0 Å². The fraction of sp³-hybridized carbons (Fsp3) is 0.529. The average molecular weight is 337 g/mol. The third kappa shape index (κ3) is 3.78. The summed E-state index contributed by atoms with van der Waals surface area (Å²) in [5.74, 6) is 0.847. The quantitative estimate of drug-likeness (QED) is 0.897. The molecule has 2 aliphatic rings. The molecule has 1 N–H and O–H groups in total. The fourth-order valence-corrected chi connectivity index (χ4v) is 2.75. The summed E-state index contributed by atoms with van der Waals surface area (Å²) < 4.78 is 5.80. The zero-order chi connectivity index (χ0) is 16.6. The fourth-order valence-electron chi connectivity index (χ4n) is 2.62. The van der Waals surface area contributed by atoms with E-state index in [1.54, 1.807) is 43.0 Å². The van der Waals surface area contributed by atoms with E-state index in [-0.39, 0.29) is 23.8 Å². The molecule has 0 aromatic heterocycles. The van der Waals surface area contributed by atoms with Gasteiger partial charge in [0.1, 0.15) is 5.75 Å². The number of likely N-dealkylation sites (tertiary alicyclic amines) is 1. The largest absolute Gasteiger partial charge is 0.478 e.